The van der Waals surface area contributed by atoms with Crippen LogP contribution in [-0.2, 0) is 32.5 Å². The minimum absolute atomic E-state index is 0.0448. The number of hydrogen-bond donors (Lipinski definition) is 3. The Morgan fingerprint density at radius 2 is 1.64 bits per heavy atom. The predicted octanol–water partition coefficient (Wildman–Crippen LogP) is 7.04. The van der Waals surface area contributed by atoms with Gasteiger partial charge in [0.2, 0.25) is 0 Å². The number of amidine groups is 1. The Labute approximate surface area is 282 Å². The van der Waals surface area contributed by atoms with E-state index in [0.29, 0.717) is 36.7 Å². The van der Waals surface area contributed by atoms with Crippen molar-refractivity contribution in [1.82, 2.24) is 14.5 Å². The van der Waals surface area contributed by atoms with E-state index in [1.54, 1.807) is 0 Å². The van der Waals surface area contributed by atoms with Crippen molar-refractivity contribution in [3.63, 3.8) is 0 Å². The second kappa shape index (κ2) is 15.0. The minimum Gasteiger partial charge on any atom is -0.384 e. The molecule has 1 saturated carbocycles. The van der Waals surface area contributed by atoms with Gasteiger partial charge >= 0.3 is 0 Å². The van der Waals surface area contributed by atoms with Gasteiger partial charge in [-0.1, -0.05) is 98.2 Å². The normalized spacial score (nSPS) is 15.2. The van der Waals surface area contributed by atoms with Crippen LogP contribution in [0.3, 0.4) is 0 Å². The van der Waals surface area contributed by atoms with E-state index in [9.17, 15) is 4.79 Å². The fraction of sp³-hybridized carbons (Fsp3) is 0.333. The molecule has 1 heterocycles. The summed E-state index contributed by atoms with van der Waals surface area (Å²) in [4.78, 5) is 22.3. The molecule has 2 aliphatic carbocycles. The third kappa shape index (κ3) is 7.95. The Hall–Kier alpha value is -4.40. The number of thiocarbonyl (C=S) groups is 1. The number of nitrogens with two attached hydrogens (primary N) is 2. The highest BCUT2D eigenvalue weighted by Crippen LogP contribution is 2.27. The van der Waals surface area contributed by atoms with Crippen LogP contribution in [-0.4, -0.2) is 37.6 Å². The monoisotopic (exact) mass is 644 g/mol. The van der Waals surface area contributed by atoms with E-state index in [0.717, 1.165) is 69.8 Å². The largest absolute Gasteiger partial charge is 0.384 e. The molecule has 0 spiro atoms. The number of carbonyl (C=O) groups is 1. The lowest BCUT2D eigenvalue weighted by atomic mass is 9.88. The number of allylic oxidation sites excluding steroid dienone is 4. The van der Waals surface area contributed by atoms with Crippen molar-refractivity contribution >= 4 is 39.9 Å². The van der Waals surface area contributed by atoms with Crippen LogP contribution in [0.1, 0.15) is 77.0 Å². The molecule has 3 aromatic carbocycles. The van der Waals surface area contributed by atoms with Crippen LogP contribution in [0.4, 0.5) is 0 Å². The summed E-state index contributed by atoms with van der Waals surface area (Å²) in [5.74, 6) is 1.59. The molecule has 0 bridgehead atoms. The molecule has 0 radical (unpaired) electrons. The van der Waals surface area contributed by atoms with Crippen molar-refractivity contribution in [3.05, 3.63) is 124 Å². The topological polar surface area (TPSA) is 114 Å². The van der Waals surface area contributed by atoms with Crippen LogP contribution in [0.25, 0.3) is 11.0 Å². The number of nitrogen functional groups attached to an aromatic ring is 1. The van der Waals surface area contributed by atoms with Crippen LogP contribution < -0.4 is 11.5 Å². The lowest BCUT2D eigenvalue weighted by Gasteiger charge is -2.30. The van der Waals surface area contributed by atoms with Crippen molar-refractivity contribution in [2.75, 3.05) is 6.54 Å². The molecule has 5 N–H and O–H groups in total. The van der Waals surface area contributed by atoms with Crippen molar-refractivity contribution in [3.8, 4) is 0 Å². The zero-order chi connectivity index (χ0) is 32.8. The molecule has 2 aliphatic rings. The van der Waals surface area contributed by atoms with Gasteiger partial charge in [-0.3, -0.25) is 10.2 Å². The third-order valence-electron chi connectivity index (χ3n) is 9.52. The molecular formula is C39H44N6OS. The van der Waals surface area contributed by atoms with Crippen molar-refractivity contribution in [2.45, 2.75) is 71.0 Å². The molecule has 1 fully saturated rings. The number of aryl methyl sites for hydroxylation is 2. The summed E-state index contributed by atoms with van der Waals surface area (Å²) in [7, 11) is 0. The molecule has 1 aromatic heterocycles. The molecule has 0 atom stereocenters. The smallest absolute Gasteiger partial charge is 0.254 e. The zero-order valence-electron chi connectivity index (χ0n) is 27.0. The van der Waals surface area contributed by atoms with Crippen molar-refractivity contribution in [1.29, 1.82) is 5.41 Å². The first-order valence-corrected chi connectivity index (χ1v) is 17.2. The Morgan fingerprint density at radius 3 is 2.34 bits per heavy atom. The van der Waals surface area contributed by atoms with Crippen LogP contribution >= 0.6 is 12.2 Å². The van der Waals surface area contributed by atoms with Crippen molar-refractivity contribution < 1.29 is 4.79 Å². The number of imidazole rings is 1. The summed E-state index contributed by atoms with van der Waals surface area (Å²) in [6, 6.07) is 22.1. The fourth-order valence-corrected chi connectivity index (χ4v) is 6.99. The van der Waals surface area contributed by atoms with Gasteiger partial charge in [0.15, 0.2) is 0 Å². The number of benzene rings is 3. The summed E-state index contributed by atoms with van der Waals surface area (Å²) in [6.45, 7) is 2.47. The molecule has 0 saturated heterocycles. The molecule has 242 valence electrons. The van der Waals surface area contributed by atoms with Gasteiger partial charge in [-0.15, -0.1) is 0 Å². The minimum atomic E-state index is 0.0448. The lowest BCUT2D eigenvalue weighted by molar-refractivity contribution is 0.0699. The first-order valence-electron chi connectivity index (χ1n) is 16.8. The van der Waals surface area contributed by atoms with E-state index < -0.39 is 0 Å². The number of carbonyl (C=O) groups excluding carboxylic acids is 1. The average Bonchev–Trinajstić information content (AvgIpc) is 3.44. The van der Waals surface area contributed by atoms with Gasteiger partial charge in [0.1, 0.15) is 11.7 Å². The Balaban J connectivity index is 1.30. The summed E-state index contributed by atoms with van der Waals surface area (Å²) in [6.07, 6.45) is 14.7. The van der Waals surface area contributed by atoms with E-state index in [2.05, 4.69) is 53.1 Å². The maximum atomic E-state index is 14.2. The van der Waals surface area contributed by atoms with Gasteiger partial charge in [0.05, 0.1) is 17.6 Å². The highest BCUT2D eigenvalue weighted by Gasteiger charge is 2.24. The number of rotatable bonds is 12. The Kier molecular flexibility index (Phi) is 10.4. The van der Waals surface area contributed by atoms with Gasteiger partial charge in [-0.05, 0) is 65.6 Å². The summed E-state index contributed by atoms with van der Waals surface area (Å²) in [5.41, 5.74) is 19.2. The molecule has 1 amide bonds. The van der Waals surface area contributed by atoms with Gasteiger partial charge in [0.25, 0.3) is 5.91 Å². The van der Waals surface area contributed by atoms with Crippen LogP contribution in [0.2, 0.25) is 0 Å². The SMILES string of the molecule is N=C(N)c1ccc(CCc2nc3cc(C(=O)N(Cc4ccc(CN)cc4)CC4CCCCC4)ccc3n2CC2=CC=CCC2=S)cc1. The number of hydrogen-bond acceptors (Lipinski definition) is 5. The van der Waals surface area contributed by atoms with Crippen LogP contribution in [0.15, 0.2) is 90.5 Å². The number of nitrogens with zero attached hydrogens (tertiary/aromatic N) is 3. The van der Waals surface area contributed by atoms with Gasteiger partial charge < -0.3 is 20.9 Å². The maximum Gasteiger partial charge on any atom is 0.254 e. The van der Waals surface area contributed by atoms with E-state index in [1.807, 2.05) is 41.3 Å². The number of aromatic nitrogens is 2. The maximum absolute atomic E-state index is 14.2. The second-order valence-electron chi connectivity index (χ2n) is 12.9. The third-order valence-corrected chi connectivity index (χ3v) is 9.95. The molecule has 7 nitrogen and oxygen atoms in total. The molecular weight excluding hydrogens is 601 g/mol. The average molecular weight is 645 g/mol. The van der Waals surface area contributed by atoms with Gasteiger partial charge in [-0.25, -0.2) is 4.98 Å². The van der Waals surface area contributed by atoms with Gasteiger partial charge in [-0.2, -0.15) is 0 Å². The predicted molar refractivity (Wildman–Crippen MR) is 195 cm³/mol. The Morgan fingerprint density at radius 1 is 0.936 bits per heavy atom. The van der Waals surface area contributed by atoms with Crippen LogP contribution in [0.5, 0.6) is 0 Å². The number of nitrogens with one attached hydrogen (secondary N) is 1. The van der Waals surface area contributed by atoms with E-state index in [4.69, 9.17) is 34.1 Å². The highest BCUT2D eigenvalue weighted by atomic mass is 32.1. The van der Waals surface area contributed by atoms with Crippen molar-refractivity contribution in [2.24, 2.45) is 17.4 Å². The van der Waals surface area contributed by atoms with Gasteiger partial charge in [0, 0.05) is 48.5 Å². The van der Waals surface area contributed by atoms with E-state index in [-0.39, 0.29) is 11.7 Å². The summed E-state index contributed by atoms with van der Waals surface area (Å²) in [5, 5.41) is 7.69. The molecule has 4 aromatic rings. The van der Waals surface area contributed by atoms with Crippen LogP contribution in [0, 0.1) is 11.3 Å². The second-order valence-corrected chi connectivity index (χ2v) is 13.4. The molecule has 6 rings (SSSR count). The zero-order valence-corrected chi connectivity index (χ0v) is 27.8. The molecule has 8 heteroatoms. The van der Waals surface area contributed by atoms with E-state index in [1.165, 1.54) is 32.1 Å². The quantitative estimate of drug-likeness (QED) is 0.0870. The Bertz CT molecular complexity index is 1810. The first kappa shape index (κ1) is 32.5. The molecule has 0 aliphatic heterocycles. The molecule has 0 unspecified atom stereocenters. The molecule has 47 heavy (non-hydrogen) atoms. The number of fused-ring (bicyclic) bond motifs is 1. The highest BCUT2D eigenvalue weighted by molar-refractivity contribution is 7.80. The standard InChI is InChI=1S/C39H44N6OS/c40-23-28-10-12-30(13-11-28)25-44(24-29-6-2-1-3-7-29)39(46)32-19-20-35-34(22-32)43-37(45(35)26-33-8-4-5-9-36(33)47)21-16-27-14-17-31(18-15-27)38(41)42/h4-5,8,10-15,17-20,22,29H,1-3,6-7,9,16,21,23-26,40H2,(H3,41,42). The first-order chi connectivity index (χ1) is 22.9. The lowest BCUT2D eigenvalue weighted by Crippen LogP contribution is -2.35. The summed E-state index contributed by atoms with van der Waals surface area (Å²) >= 11 is 5.72. The summed E-state index contributed by atoms with van der Waals surface area (Å²) < 4.78 is 2.25. The number of amides is 1. The fourth-order valence-electron chi connectivity index (χ4n) is 6.77. The van der Waals surface area contributed by atoms with E-state index >= 15 is 0 Å².